The zero-order chi connectivity index (χ0) is 22.0. The second-order valence-corrected chi connectivity index (χ2v) is 10.9. The fraction of sp³-hybridized carbons (Fsp3) is 0.565. The quantitative estimate of drug-likeness (QED) is 0.298. The van der Waals surface area contributed by atoms with Crippen molar-refractivity contribution < 1.29 is 0 Å². The summed E-state index contributed by atoms with van der Waals surface area (Å²) < 4.78 is 0. The number of aromatic nitrogens is 4. The summed E-state index contributed by atoms with van der Waals surface area (Å²) in [7, 11) is 0. The number of nitrogens with zero attached hydrogens (tertiary/aromatic N) is 4. The van der Waals surface area contributed by atoms with E-state index < -0.39 is 0 Å². The highest BCUT2D eigenvalue weighted by Gasteiger charge is 2.40. The van der Waals surface area contributed by atoms with Crippen LogP contribution in [0.3, 0.4) is 0 Å². The SMILES string of the molecule is C=C(Nc1nnc(CCCCc2nnc(NC(=C)[C@@H]3CC3/C(C)=C/C)s2)s1)C1C[C@H]1C. The highest BCUT2D eigenvalue weighted by Crippen LogP contribution is 2.48. The smallest absolute Gasteiger partial charge is 0.209 e. The second kappa shape index (κ2) is 9.61. The molecule has 0 aliphatic heterocycles. The van der Waals surface area contributed by atoms with Crippen LogP contribution in [0.1, 0.15) is 56.5 Å². The topological polar surface area (TPSA) is 75.6 Å². The van der Waals surface area contributed by atoms with Gasteiger partial charge in [0.05, 0.1) is 0 Å². The van der Waals surface area contributed by atoms with Crippen LogP contribution >= 0.6 is 22.7 Å². The van der Waals surface area contributed by atoms with Crippen molar-refractivity contribution in [3.8, 4) is 0 Å². The zero-order valence-electron chi connectivity index (χ0n) is 18.6. The van der Waals surface area contributed by atoms with Gasteiger partial charge in [-0.05, 0) is 51.4 Å². The van der Waals surface area contributed by atoms with Gasteiger partial charge in [0.1, 0.15) is 10.0 Å². The molecule has 2 saturated carbocycles. The number of aryl methyl sites for hydroxylation is 2. The van der Waals surface area contributed by atoms with Crippen LogP contribution in [0.25, 0.3) is 0 Å². The van der Waals surface area contributed by atoms with Gasteiger partial charge in [0, 0.05) is 36.1 Å². The molecule has 0 amide bonds. The number of allylic oxidation sites excluding steroid dienone is 4. The Morgan fingerprint density at radius 1 is 0.903 bits per heavy atom. The van der Waals surface area contributed by atoms with E-state index in [9.17, 15) is 0 Å². The van der Waals surface area contributed by atoms with Gasteiger partial charge in [0.15, 0.2) is 0 Å². The van der Waals surface area contributed by atoms with Crippen molar-refractivity contribution >= 4 is 32.9 Å². The maximum Gasteiger partial charge on any atom is 0.209 e. The Morgan fingerprint density at radius 2 is 1.42 bits per heavy atom. The molecule has 2 aromatic heterocycles. The molecule has 2 N–H and O–H groups in total. The monoisotopic (exact) mass is 456 g/mol. The first-order chi connectivity index (χ1) is 14.9. The first-order valence-electron chi connectivity index (χ1n) is 11.1. The lowest BCUT2D eigenvalue weighted by atomic mass is 10.1. The number of hydrogen-bond donors (Lipinski definition) is 2. The molecule has 0 radical (unpaired) electrons. The maximum atomic E-state index is 4.34. The Morgan fingerprint density at radius 3 is 1.90 bits per heavy atom. The highest BCUT2D eigenvalue weighted by atomic mass is 32.1. The molecule has 166 valence electrons. The zero-order valence-corrected chi connectivity index (χ0v) is 20.3. The van der Waals surface area contributed by atoms with Crippen LogP contribution in [0.5, 0.6) is 0 Å². The third kappa shape index (κ3) is 5.80. The average Bonchev–Trinajstić information content (AvgIpc) is 3.61. The first kappa shape index (κ1) is 22.1. The van der Waals surface area contributed by atoms with Gasteiger partial charge < -0.3 is 10.6 Å². The van der Waals surface area contributed by atoms with Gasteiger partial charge >= 0.3 is 0 Å². The highest BCUT2D eigenvalue weighted by molar-refractivity contribution is 7.15. The van der Waals surface area contributed by atoms with Crippen LogP contribution in [0.2, 0.25) is 0 Å². The molecule has 2 unspecified atom stereocenters. The summed E-state index contributed by atoms with van der Waals surface area (Å²) in [5, 5.41) is 27.8. The summed E-state index contributed by atoms with van der Waals surface area (Å²) in [4.78, 5) is 0. The van der Waals surface area contributed by atoms with Crippen LogP contribution < -0.4 is 10.6 Å². The molecule has 4 rings (SSSR count). The normalized spacial score (nSPS) is 24.7. The van der Waals surface area contributed by atoms with E-state index in [0.717, 1.165) is 63.3 Å². The van der Waals surface area contributed by atoms with E-state index >= 15 is 0 Å². The standard InChI is InChI=1S/C23H32N6S2/c1-6-13(2)18-12-19(18)16(5)25-23-29-27-21(31-23)10-8-7-9-20-26-28-22(30-20)24-15(4)17-11-14(17)3/h6,14,17-19H,4-5,7-12H2,1-3H3,(H,24,28)(H,25,29)/b13-6+/t14-,17?,18?,19+/m1/s1. The maximum absolute atomic E-state index is 4.34. The van der Waals surface area contributed by atoms with Gasteiger partial charge in [-0.2, -0.15) is 0 Å². The molecule has 8 heteroatoms. The van der Waals surface area contributed by atoms with E-state index in [4.69, 9.17) is 0 Å². The van der Waals surface area contributed by atoms with Gasteiger partial charge in [-0.25, -0.2) is 0 Å². The van der Waals surface area contributed by atoms with Crippen molar-refractivity contribution in [2.75, 3.05) is 10.6 Å². The van der Waals surface area contributed by atoms with Crippen LogP contribution in [0, 0.1) is 23.7 Å². The summed E-state index contributed by atoms with van der Waals surface area (Å²) in [6.45, 7) is 14.9. The number of rotatable bonds is 12. The Labute approximate surface area is 193 Å². The van der Waals surface area contributed by atoms with Crippen LogP contribution in [-0.2, 0) is 12.8 Å². The van der Waals surface area contributed by atoms with Crippen molar-refractivity contribution in [1.29, 1.82) is 0 Å². The van der Waals surface area contributed by atoms with Gasteiger partial charge in [0.2, 0.25) is 10.3 Å². The molecule has 2 fully saturated rings. The van der Waals surface area contributed by atoms with Crippen LogP contribution in [0.4, 0.5) is 10.3 Å². The van der Waals surface area contributed by atoms with Gasteiger partial charge in [-0.3, -0.25) is 0 Å². The van der Waals surface area contributed by atoms with E-state index in [0.29, 0.717) is 17.8 Å². The third-order valence-electron chi connectivity index (χ3n) is 6.34. The first-order valence-corrected chi connectivity index (χ1v) is 12.8. The predicted molar refractivity (Wildman–Crippen MR) is 130 cm³/mol. The number of nitrogens with one attached hydrogen (secondary N) is 2. The summed E-state index contributed by atoms with van der Waals surface area (Å²) in [6.07, 6.45) is 8.63. The number of hydrogen-bond acceptors (Lipinski definition) is 8. The number of anilines is 2. The fourth-order valence-corrected chi connectivity index (χ4v) is 5.56. The molecule has 6 nitrogen and oxygen atoms in total. The van der Waals surface area contributed by atoms with Crippen molar-refractivity contribution in [2.24, 2.45) is 23.7 Å². The molecule has 31 heavy (non-hydrogen) atoms. The van der Waals surface area contributed by atoms with Crippen molar-refractivity contribution in [3.63, 3.8) is 0 Å². The van der Waals surface area contributed by atoms with E-state index in [-0.39, 0.29) is 0 Å². The Kier molecular flexibility index (Phi) is 6.86. The van der Waals surface area contributed by atoms with Crippen molar-refractivity contribution in [2.45, 2.75) is 59.3 Å². The Bertz CT molecular complexity index is 974. The van der Waals surface area contributed by atoms with Crippen molar-refractivity contribution in [3.05, 3.63) is 46.2 Å². The van der Waals surface area contributed by atoms with Gasteiger partial charge in [-0.15, -0.1) is 20.4 Å². The molecule has 4 atom stereocenters. The summed E-state index contributed by atoms with van der Waals surface area (Å²) in [5.41, 5.74) is 3.59. The molecule has 2 aliphatic rings. The van der Waals surface area contributed by atoms with Gasteiger partial charge in [0.25, 0.3) is 0 Å². The summed E-state index contributed by atoms with van der Waals surface area (Å²) in [5.74, 6) is 2.51. The molecule has 0 bridgehead atoms. The van der Waals surface area contributed by atoms with Gasteiger partial charge in [-0.1, -0.05) is 54.4 Å². The third-order valence-corrected chi connectivity index (χ3v) is 8.13. The minimum Gasteiger partial charge on any atom is -0.334 e. The Hall–Kier alpha value is -2.06. The van der Waals surface area contributed by atoms with E-state index in [1.54, 1.807) is 22.7 Å². The number of unbranched alkanes of at least 4 members (excludes halogenated alkanes) is 1. The second-order valence-electron chi connectivity index (χ2n) is 8.81. The lowest BCUT2D eigenvalue weighted by Gasteiger charge is -2.05. The van der Waals surface area contributed by atoms with E-state index in [1.165, 1.54) is 18.4 Å². The summed E-state index contributed by atoms with van der Waals surface area (Å²) in [6, 6.07) is 0. The largest absolute Gasteiger partial charge is 0.334 e. The lowest BCUT2D eigenvalue weighted by Crippen LogP contribution is -2.01. The van der Waals surface area contributed by atoms with Crippen LogP contribution in [0.15, 0.2) is 36.2 Å². The lowest BCUT2D eigenvalue weighted by molar-refractivity contribution is 0.718. The molecule has 0 saturated heterocycles. The molecule has 2 heterocycles. The molecule has 0 spiro atoms. The van der Waals surface area contributed by atoms with E-state index in [2.05, 4.69) is 71.0 Å². The Balaban J connectivity index is 1.15. The molecular weight excluding hydrogens is 424 g/mol. The van der Waals surface area contributed by atoms with Crippen molar-refractivity contribution in [1.82, 2.24) is 20.4 Å². The molecule has 2 aliphatic carbocycles. The fourth-order valence-electron chi connectivity index (χ4n) is 3.93. The molecule has 2 aromatic rings. The van der Waals surface area contributed by atoms with E-state index in [1.807, 2.05) is 0 Å². The molecule has 0 aromatic carbocycles. The predicted octanol–water partition coefficient (Wildman–Crippen LogP) is 6.06. The average molecular weight is 457 g/mol. The minimum atomic E-state index is 0.527. The summed E-state index contributed by atoms with van der Waals surface area (Å²) >= 11 is 3.27. The van der Waals surface area contributed by atoms with Crippen LogP contribution in [-0.4, -0.2) is 20.4 Å². The minimum absolute atomic E-state index is 0.527. The molecular formula is C23H32N6S2.